The first-order valence-electron chi connectivity index (χ1n) is 11.8. The molecule has 2 aromatic carbocycles. The fraction of sp³-hybridized carbons (Fsp3) is 0.286. The van der Waals surface area contributed by atoms with Crippen molar-refractivity contribution in [2.75, 3.05) is 32.3 Å². The maximum Gasteiger partial charge on any atom is 0.260 e. The summed E-state index contributed by atoms with van der Waals surface area (Å²) in [5.41, 5.74) is 4.40. The van der Waals surface area contributed by atoms with Gasteiger partial charge in [-0.2, -0.15) is 0 Å². The van der Waals surface area contributed by atoms with Crippen LogP contribution in [0.1, 0.15) is 42.0 Å². The molecule has 35 heavy (non-hydrogen) atoms. The van der Waals surface area contributed by atoms with Gasteiger partial charge in [-0.05, 0) is 60.4 Å². The van der Waals surface area contributed by atoms with E-state index < -0.39 is 0 Å². The number of pyridine rings is 1. The van der Waals surface area contributed by atoms with E-state index in [1.54, 1.807) is 20.4 Å². The van der Waals surface area contributed by atoms with Gasteiger partial charge in [-0.1, -0.05) is 36.2 Å². The number of hydrogen-bond donors (Lipinski definition) is 0. The summed E-state index contributed by atoms with van der Waals surface area (Å²) in [4.78, 5) is 22.3. The van der Waals surface area contributed by atoms with E-state index in [1.165, 1.54) is 5.56 Å². The highest BCUT2D eigenvalue weighted by molar-refractivity contribution is 6.37. The summed E-state index contributed by atoms with van der Waals surface area (Å²) in [6, 6.07) is 15.6. The Morgan fingerprint density at radius 1 is 1.09 bits per heavy atom. The molecule has 0 radical (unpaired) electrons. The summed E-state index contributed by atoms with van der Waals surface area (Å²) in [6.45, 7) is 1.42. The first-order valence-corrected chi connectivity index (χ1v) is 12.2. The van der Waals surface area contributed by atoms with E-state index in [0.717, 1.165) is 42.6 Å². The third-order valence-corrected chi connectivity index (χ3v) is 6.98. The molecule has 1 saturated heterocycles. The average Bonchev–Trinajstić information content (AvgIpc) is 3.14. The molecule has 6 nitrogen and oxygen atoms in total. The summed E-state index contributed by atoms with van der Waals surface area (Å²) >= 11 is 6.37. The van der Waals surface area contributed by atoms with Crippen LogP contribution in [0.3, 0.4) is 0 Å². The van der Waals surface area contributed by atoms with Gasteiger partial charge in [0, 0.05) is 41.1 Å². The molecule has 0 unspecified atom stereocenters. The van der Waals surface area contributed by atoms with Crippen LogP contribution >= 0.6 is 11.6 Å². The summed E-state index contributed by atoms with van der Waals surface area (Å²) in [5.74, 6) is 1.23. The van der Waals surface area contributed by atoms with Crippen molar-refractivity contribution in [2.24, 2.45) is 0 Å². The van der Waals surface area contributed by atoms with Crippen molar-refractivity contribution in [1.29, 1.82) is 0 Å². The summed E-state index contributed by atoms with van der Waals surface area (Å²) in [5, 5.41) is 0.608. The molecule has 2 aliphatic rings. The molecular formula is C28H28ClN3O3. The fourth-order valence-electron chi connectivity index (χ4n) is 5.01. The van der Waals surface area contributed by atoms with Crippen LogP contribution in [0.25, 0.3) is 11.6 Å². The Hall–Kier alpha value is -3.35. The number of anilines is 1. The van der Waals surface area contributed by atoms with Gasteiger partial charge in [-0.15, -0.1) is 0 Å². The smallest absolute Gasteiger partial charge is 0.260 e. The lowest BCUT2D eigenvalue weighted by Gasteiger charge is -2.38. The molecule has 7 heteroatoms. The lowest BCUT2D eigenvalue weighted by Crippen LogP contribution is -2.43. The van der Waals surface area contributed by atoms with E-state index in [2.05, 4.69) is 16.0 Å². The molecule has 0 bridgehead atoms. The van der Waals surface area contributed by atoms with Crippen LogP contribution in [0.4, 0.5) is 5.69 Å². The lowest BCUT2D eigenvalue weighted by atomic mass is 9.97. The number of halogens is 1. The number of benzene rings is 2. The lowest BCUT2D eigenvalue weighted by molar-refractivity contribution is -0.113. The van der Waals surface area contributed by atoms with Crippen molar-refractivity contribution in [1.82, 2.24) is 9.88 Å². The molecule has 1 atom stereocenters. The minimum absolute atomic E-state index is 0.0347. The first-order chi connectivity index (χ1) is 17.1. The number of aromatic nitrogens is 1. The zero-order valence-electron chi connectivity index (χ0n) is 19.9. The number of carbonyl (C=O) groups excluding carboxylic acids is 1. The highest BCUT2D eigenvalue weighted by Gasteiger charge is 2.35. The predicted molar refractivity (Wildman–Crippen MR) is 139 cm³/mol. The molecule has 3 aromatic rings. The van der Waals surface area contributed by atoms with Crippen molar-refractivity contribution >= 4 is 34.8 Å². The molecule has 180 valence electrons. The van der Waals surface area contributed by atoms with Gasteiger partial charge in [-0.3, -0.25) is 19.6 Å². The Bertz CT molecular complexity index is 1260. The largest absolute Gasteiger partial charge is 0.493 e. The van der Waals surface area contributed by atoms with Crippen LogP contribution in [-0.4, -0.2) is 43.2 Å². The van der Waals surface area contributed by atoms with Gasteiger partial charge < -0.3 is 9.47 Å². The minimum Gasteiger partial charge on any atom is -0.493 e. The molecule has 5 rings (SSSR count). The second-order valence-electron chi connectivity index (χ2n) is 8.82. The summed E-state index contributed by atoms with van der Waals surface area (Å²) in [6.07, 6.45) is 8.95. The number of methoxy groups -OCH3 is 2. The van der Waals surface area contributed by atoms with Gasteiger partial charge in [0.05, 0.1) is 26.6 Å². The number of amides is 1. The van der Waals surface area contributed by atoms with Gasteiger partial charge in [0.25, 0.3) is 5.91 Å². The number of fused-ring (bicyclic) bond motifs is 1. The molecule has 1 aromatic heterocycles. The SMILES string of the molecule is COc1ccc(/C=C2\C(=O)N(CN3CCCC[C@@H]3c3cccnc3)c3cc(Cl)ccc32)cc1OC. The normalized spacial score (nSPS) is 19.2. The maximum absolute atomic E-state index is 13.8. The van der Waals surface area contributed by atoms with Crippen molar-refractivity contribution in [3.63, 3.8) is 0 Å². The van der Waals surface area contributed by atoms with E-state index in [1.807, 2.05) is 59.6 Å². The highest BCUT2D eigenvalue weighted by atomic mass is 35.5. The molecule has 1 fully saturated rings. The van der Waals surface area contributed by atoms with E-state index in [-0.39, 0.29) is 11.9 Å². The number of likely N-dealkylation sites (tertiary alicyclic amines) is 1. The van der Waals surface area contributed by atoms with Crippen LogP contribution in [0.5, 0.6) is 11.5 Å². The number of rotatable bonds is 6. The molecule has 3 heterocycles. The maximum atomic E-state index is 13.8. The molecule has 2 aliphatic heterocycles. The average molecular weight is 490 g/mol. The first kappa shape index (κ1) is 23.4. The van der Waals surface area contributed by atoms with Crippen molar-refractivity contribution in [3.05, 3.63) is 82.6 Å². The second kappa shape index (κ2) is 10.1. The van der Waals surface area contributed by atoms with E-state index in [9.17, 15) is 4.79 Å². The minimum atomic E-state index is -0.0347. The van der Waals surface area contributed by atoms with Gasteiger partial charge >= 0.3 is 0 Å². The van der Waals surface area contributed by atoms with Crippen molar-refractivity contribution in [3.8, 4) is 11.5 Å². The zero-order chi connectivity index (χ0) is 24.4. The van der Waals surface area contributed by atoms with Crippen molar-refractivity contribution < 1.29 is 14.3 Å². The monoisotopic (exact) mass is 489 g/mol. The summed E-state index contributed by atoms with van der Waals surface area (Å²) < 4.78 is 10.8. The Labute approximate surface area is 210 Å². The van der Waals surface area contributed by atoms with Crippen LogP contribution in [0, 0.1) is 0 Å². The number of carbonyl (C=O) groups is 1. The molecule has 0 N–H and O–H groups in total. The predicted octanol–water partition coefficient (Wildman–Crippen LogP) is 5.82. The molecule has 0 spiro atoms. The topological polar surface area (TPSA) is 54.9 Å². The van der Waals surface area contributed by atoms with Gasteiger partial charge in [0.15, 0.2) is 11.5 Å². The van der Waals surface area contributed by atoms with Gasteiger partial charge in [-0.25, -0.2) is 0 Å². The second-order valence-corrected chi connectivity index (χ2v) is 9.26. The Morgan fingerprint density at radius 3 is 2.71 bits per heavy atom. The van der Waals surface area contributed by atoms with E-state index >= 15 is 0 Å². The number of ether oxygens (including phenoxy) is 2. The van der Waals surface area contributed by atoms with Crippen LogP contribution in [-0.2, 0) is 4.79 Å². The molecule has 0 aliphatic carbocycles. The molecule has 0 saturated carbocycles. The number of hydrogen-bond acceptors (Lipinski definition) is 5. The fourth-order valence-corrected chi connectivity index (χ4v) is 5.17. The Balaban J connectivity index is 1.50. The van der Waals surface area contributed by atoms with Crippen LogP contribution in [0.2, 0.25) is 5.02 Å². The third-order valence-electron chi connectivity index (χ3n) is 6.74. The van der Waals surface area contributed by atoms with Crippen molar-refractivity contribution in [2.45, 2.75) is 25.3 Å². The quantitative estimate of drug-likeness (QED) is 0.408. The number of piperidine rings is 1. The van der Waals surface area contributed by atoms with Crippen LogP contribution < -0.4 is 14.4 Å². The molecule has 1 amide bonds. The van der Waals surface area contributed by atoms with E-state index in [0.29, 0.717) is 28.8 Å². The van der Waals surface area contributed by atoms with Crippen LogP contribution in [0.15, 0.2) is 60.9 Å². The zero-order valence-corrected chi connectivity index (χ0v) is 20.7. The standard InChI is InChI=1S/C28H28ClN3O3/c1-34-26-11-8-19(15-27(26)35-2)14-23-22-10-9-21(29)16-25(22)32(28(23)33)18-31-13-4-3-7-24(31)20-6-5-12-30-17-20/h5-6,8-12,14-17,24H,3-4,7,13,18H2,1-2H3/b23-14-/t24-/m1/s1. The third kappa shape index (κ3) is 4.64. The Morgan fingerprint density at radius 2 is 1.94 bits per heavy atom. The number of nitrogens with zero attached hydrogens (tertiary/aromatic N) is 3. The van der Waals surface area contributed by atoms with E-state index in [4.69, 9.17) is 21.1 Å². The van der Waals surface area contributed by atoms with Gasteiger partial charge in [0.1, 0.15) is 0 Å². The Kier molecular flexibility index (Phi) is 6.75. The highest BCUT2D eigenvalue weighted by Crippen LogP contribution is 2.41. The molecular weight excluding hydrogens is 462 g/mol. The van der Waals surface area contributed by atoms with Gasteiger partial charge in [0.2, 0.25) is 0 Å². The summed E-state index contributed by atoms with van der Waals surface area (Å²) in [7, 11) is 3.21.